The van der Waals surface area contributed by atoms with Gasteiger partial charge >= 0.3 is 11.8 Å². The maximum atomic E-state index is 11.2. The van der Waals surface area contributed by atoms with Gasteiger partial charge in [0.2, 0.25) is 0 Å². The van der Waals surface area contributed by atoms with Crippen LogP contribution in [0.5, 0.6) is 0 Å². The van der Waals surface area contributed by atoms with Gasteiger partial charge in [-0.25, -0.2) is 5.43 Å². The van der Waals surface area contributed by atoms with Crippen molar-refractivity contribution in [1.82, 2.24) is 5.43 Å². The second kappa shape index (κ2) is 10.8. The Morgan fingerprint density at radius 1 is 1.21 bits per heavy atom. The molecule has 1 aromatic rings. The minimum Gasteiger partial charge on any atom is -0.361 e. The summed E-state index contributed by atoms with van der Waals surface area (Å²) in [4.78, 5) is 22.0. The second-order valence-electron chi connectivity index (χ2n) is 5.23. The topological polar surface area (TPSA) is 84.6 Å². The number of allylic oxidation sites excluding steroid dienone is 1. The van der Waals surface area contributed by atoms with E-state index >= 15 is 0 Å². The first-order chi connectivity index (χ1) is 11.4. The van der Waals surface area contributed by atoms with E-state index in [4.69, 9.17) is 28.9 Å². The van der Waals surface area contributed by atoms with Gasteiger partial charge in [0.15, 0.2) is 0 Å². The Hall–Kier alpha value is -1.85. The number of nitrogens with zero attached hydrogens (tertiary/aromatic N) is 1. The van der Waals surface area contributed by atoms with E-state index in [1.54, 1.807) is 18.2 Å². The summed E-state index contributed by atoms with van der Waals surface area (Å²) < 4.78 is 0. The van der Waals surface area contributed by atoms with E-state index in [1.807, 2.05) is 12.1 Å². The van der Waals surface area contributed by atoms with Crippen LogP contribution in [-0.4, -0.2) is 17.5 Å². The van der Waals surface area contributed by atoms with E-state index in [2.05, 4.69) is 17.5 Å². The van der Waals surface area contributed by atoms with Gasteiger partial charge in [-0.15, -0.1) is 0 Å². The van der Waals surface area contributed by atoms with Gasteiger partial charge in [-0.2, -0.15) is 5.10 Å². The molecule has 0 aliphatic heterocycles. The number of rotatable bonds is 8. The number of amides is 2. The van der Waals surface area contributed by atoms with Gasteiger partial charge in [0.05, 0.1) is 15.8 Å². The molecule has 1 rings (SSSR count). The zero-order valence-corrected chi connectivity index (χ0v) is 15.0. The summed E-state index contributed by atoms with van der Waals surface area (Å²) >= 11 is 11.9. The molecule has 3 N–H and O–H groups in total. The lowest BCUT2D eigenvalue weighted by molar-refractivity contribution is -0.137. The molecule has 24 heavy (non-hydrogen) atoms. The van der Waals surface area contributed by atoms with Crippen LogP contribution in [0, 0.1) is 0 Å². The summed E-state index contributed by atoms with van der Waals surface area (Å²) in [6, 6.07) is 5.26. The zero-order valence-electron chi connectivity index (χ0n) is 13.5. The van der Waals surface area contributed by atoms with E-state index < -0.39 is 11.8 Å². The first kappa shape index (κ1) is 20.2. The van der Waals surface area contributed by atoms with Crippen molar-refractivity contribution < 1.29 is 9.59 Å². The number of carbonyl (C=O) groups is 2. The number of benzene rings is 1. The maximum absolute atomic E-state index is 11.2. The third-order valence-electron chi connectivity index (χ3n) is 3.22. The number of halogens is 2. The Morgan fingerprint density at radius 3 is 2.58 bits per heavy atom. The van der Waals surface area contributed by atoms with Crippen molar-refractivity contribution >= 4 is 46.8 Å². The smallest absolute Gasteiger partial charge is 0.329 e. The first-order valence-electron chi connectivity index (χ1n) is 7.73. The van der Waals surface area contributed by atoms with Crippen LogP contribution in [0.1, 0.15) is 44.6 Å². The Kier molecular flexibility index (Phi) is 9.12. The van der Waals surface area contributed by atoms with Crippen molar-refractivity contribution in [3.63, 3.8) is 0 Å². The number of hydrazone groups is 1. The highest BCUT2D eigenvalue weighted by Crippen LogP contribution is 2.23. The van der Waals surface area contributed by atoms with Crippen molar-refractivity contribution in [3.8, 4) is 0 Å². The van der Waals surface area contributed by atoms with Gasteiger partial charge in [0.1, 0.15) is 0 Å². The van der Waals surface area contributed by atoms with Gasteiger partial charge in [-0.05, 0) is 36.6 Å². The Labute approximate surface area is 151 Å². The SMILES string of the molecule is CCCCCCC(/C=C/c1ccc(Cl)c(Cl)c1)=N\NC(=O)C(N)=O. The molecule has 0 fully saturated rings. The molecule has 0 unspecified atom stereocenters. The molecule has 1 aromatic carbocycles. The van der Waals surface area contributed by atoms with Crippen molar-refractivity contribution in [2.75, 3.05) is 0 Å². The number of carbonyl (C=O) groups excluding carboxylic acids is 2. The highest BCUT2D eigenvalue weighted by molar-refractivity contribution is 6.42. The highest BCUT2D eigenvalue weighted by atomic mass is 35.5. The Morgan fingerprint density at radius 2 is 1.96 bits per heavy atom. The van der Waals surface area contributed by atoms with Crippen molar-refractivity contribution in [2.45, 2.75) is 39.0 Å². The first-order valence-corrected chi connectivity index (χ1v) is 8.49. The van der Waals surface area contributed by atoms with Crippen LogP contribution in [0.15, 0.2) is 29.4 Å². The third-order valence-corrected chi connectivity index (χ3v) is 3.96. The average Bonchev–Trinajstić information content (AvgIpc) is 2.55. The predicted molar refractivity (Wildman–Crippen MR) is 99.0 cm³/mol. The molecular weight excluding hydrogens is 349 g/mol. The van der Waals surface area contributed by atoms with Crippen LogP contribution >= 0.6 is 23.2 Å². The fourth-order valence-corrected chi connectivity index (χ4v) is 2.20. The lowest BCUT2D eigenvalue weighted by Gasteiger charge is -2.03. The summed E-state index contributed by atoms with van der Waals surface area (Å²) in [5, 5.41) is 4.91. The van der Waals surface area contributed by atoms with E-state index in [9.17, 15) is 9.59 Å². The molecule has 5 nitrogen and oxygen atoms in total. The Bertz CT molecular complexity index is 643. The van der Waals surface area contributed by atoms with Gasteiger partial charge in [-0.3, -0.25) is 9.59 Å². The molecule has 7 heteroatoms. The standard InChI is InChI=1S/C17H21Cl2N3O2/c1-2-3-4-5-6-13(21-22-17(24)16(20)23)9-7-12-8-10-14(18)15(19)11-12/h7-11H,2-6H2,1H3,(H2,20,23)(H,22,24)/b9-7+,21-13+. The fourth-order valence-electron chi connectivity index (χ4n) is 1.90. The number of nitrogens with two attached hydrogens (primary N) is 1. The summed E-state index contributed by atoms with van der Waals surface area (Å²) in [5.41, 5.74) is 8.55. The molecule has 0 saturated heterocycles. The van der Waals surface area contributed by atoms with E-state index in [1.165, 1.54) is 0 Å². The molecule has 130 valence electrons. The highest BCUT2D eigenvalue weighted by Gasteiger charge is 2.07. The largest absolute Gasteiger partial charge is 0.361 e. The number of primary amides is 1. The van der Waals surface area contributed by atoms with Crippen molar-refractivity contribution in [2.24, 2.45) is 10.8 Å². The van der Waals surface area contributed by atoms with Crippen LogP contribution < -0.4 is 11.2 Å². The fraction of sp³-hybridized carbons (Fsp3) is 0.353. The van der Waals surface area contributed by atoms with Crippen LogP contribution in [0.3, 0.4) is 0 Å². The molecule has 0 radical (unpaired) electrons. The van der Waals surface area contributed by atoms with Gasteiger partial charge in [-0.1, -0.05) is 61.5 Å². The molecule has 0 heterocycles. The van der Waals surface area contributed by atoms with Gasteiger partial charge < -0.3 is 5.73 Å². The number of nitrogens with one attached hydrogen (secondary N) is 1. The van der Waals surface area contributed by atoms with Gasteiger partial charge in [0.25, 0.3) is 0 Å². The van der Waals surface area contributed by atoms with E-state index in [0.717, 1.165) is 31.2 Å². The number of hydrogen-bond donors (Lipinski definition) is 2. The molecular formula is C17H21Cl2N3O2. The second-order valence-corrected chi connectivity index (χ2v) is 6.04. The monoisotopic (exact) mass is 369 g/mol. The van der Waals surface area contributed by atoms with Crippen LogP contribution in [0.2, 0.25) is 10.0 Å². The van der Waals surface area contributed by atoms with Crippen LogP contribution in [0.4, 0.5) is 0 Å². The molecule has 0 saturated carbocycles. The third kappa shape index (κ3) is 7.62. The van der Waals surface area contributed by atoms with Crippen LogP contribution in [-0.2, 0) is 9.59 Å². The lowest BCUT2D eigenvalue weighted by Crippen LogP contribution is -2.33. The molecule has 0 atom stereocenters. The predicted octanol–water partition coefficient (Wildman–Crippen LogP) is 3.93. The lowest BCUT2D eigenvalue weighted by atomic mass is 10.1. The maximum Gasteiger partial charge on any atom is 0.329 e. The number of hydrogen-bond acceptors (Lipinski definition) is 3. The molecule has 0 aromatic heterocycles. The minimum absolute atomic E-state index is 0.460. The molecule has 0 spiro atoms. The van der Waals surface area contributed by atoms with Gasteiger partial charge in [0, 0.05) is 0 Å². The Balaban J connectivity index is 2.80. The summed E-state index contributed by atoms with van der Waals surface area (Å²) in [7, 11) is 0. The zero-order chi connectivity index (χ0) is 17.9. The molecule has 0 aliphatic rings. The average molecular weight is 370 g/mol. The van der Waals surface area contributed by atoms with E-state index in [0.29, 0.717) is 22.2 Å². The summed E-state index contributed by atoms with van der Waals surface area (Å²) in [6.07, 6.45) is 8.53. The number of unbranched alkanes of at least 4 members (excludes halogenated alkanes) is 3. The summed E-state index contributed by atoms with van der Waals surface area (Å²) in [6.45, 7) is 2.13. The quantitative estimate of drug-likeness (QED) is 0.314. The molecule has 0 aliphatic carbocycles. The summed E-state index contributed by atoms with van der Waals surface area (Å²) in [5.74, 6) is -2.01. The minimum atomic E-state index is -1.07. The van der Waals surface area contributed by atoms with Crippen molar-refractivity contribution in [3.05, 3.63) is 39.9 Å². The van der Waals surface area contributed by atoms with Crippen molar-refractivity contribution in [1.29, 1.82) is 0 Å². The normalized spacial score (nSPS) is 11.7. The van der Waals surface area contributed by atoms with Crippen LogP contribution in [0.25, 0.3) is 6.08 Å². The molecule has 0 bridgehead atoms. The molecule has 2 amide bonds. The van der Waals surface area contributed by atoms with E-state index in [-0.39, 0.29) is 0 Å².